The summed E-state index contributed by atoms with van der Waals surface area (Å²) in [6.45, 7) is 0. The van der Waals surface area contributed by atoms with Crippen molar-refractivity contribution in [2.45, 2.75) is 6.04 Å². The fourth-order valence-electron chi connectivity index (χ4n) is 1.70. The van der Waals surface area contributed by atoms with Crippen LogP contribution in [0.3, 0.4) is 0 Å². The summed E-state index contributed by atoms with van der Waals surface area (Å²) in [5.41, 5.74) is 6.36. The third-order valence-corrected chi connectivity index (χ3v) is 3.89. The molecule has 6 heteroatoms. The van der Waals surface area contributed by atoms with Gasteiger partial charge in [-0.2, -0.15) is 0 Å². The number of nitrogens with two attached hydrogens (primary N) is 1. The molecule has 1 unspecified atom stereocenters. The second-order valence-corrected chi connectivity index (χ2v) is 5.53. The third kappa shape index (κ3) is 3.04. The first kappa shape index (κ1) is 14.6. The van der Waals surface area contributed by atoms with Gasteiger partial charge in [-0.3, -0.25) is 0 Å². The van der Waals surface area contributed by atoms with Gasteiger partial charge in [0.25, 0.3) is 0 Å². The van der Waals surface area contributed by atoms with Gasteiger partial charge in [0.15, 0.2) is 11.6 Å². The molecular weight excluding hydrogens is 390 g/mol. The quantitative estimate of drug-likeness (QED) is 0.590. The Hall–Kier alpha value is -0.790. The zero-order chi connectivity index (χ0) is 14.2. The van der Waals surface area contributed by atoms with Gasteiger partial charge in [0.2, 0.25) is 0 Å². The lowest BCUT2D eigenvalue weighted by atomic mass is 9.99. The molecule has 2 rings (SSSR count). The molecule has 0 aliphatic heterocycles. The molecule has 2 aromatic carbocycles. The molecule has 1 atom stereocenters. The number of hydrogen-bond donors (Lipinski definition) is 1. The van der Waals surface area contributed by atoms with E-state index in [9.17, 15) is 13.2 Å². The summed E-state index contributed by atoms with van der Waals surface area (Å²) in [5.74, 6) is -3.26. The maximum atomic E-state index is 13.7. The largest absolute Gasteiger partial charge is 0.320 e. The predicted octanol–water partition coefficient (Wildman–Crippen LogP) is 4.41. The molecule has 100 valence electrons. The molecule has 0 aliphatic rings. The molecule has 0 heterocycles. The fraction of sp³-hybridized carbons (Fsp3) is 0.0769. The summed E-state index contributed by atoms with van der Waals surface area (Å²) < 4.78 is 40.5. The van der Waals surface area contributed by atoms with Crippen LogP contribution in [-0.4, -0.2) is 0 Å². The standard InChI is InChI=1S/C13H8ClF3IN/c14-6-1-2-12(18)8(3-6)13(19)7-4-10(16)11(17)5-9(7)15/h1-5,13H,19H2. The summed E-state index contributed by atoms with van der Waals surface area (Å²) >= 11 is 7.88. The minimum atomic E-state index is -1.24. The molecule has 0 spiro atoms. The van der Waals surface area contributed by atoms with Crippen molar-refractivity contribution in [1.82, 2.24) is 0 Å². The Kier molecular flexibility index (Phi) is 4.37. The van der Waals surface area contributed by atoms with Crippen molar-refractivity contribution in [3.8, 4) is 0 Å². The number of halogens is 5. The van der Waals surface area contributed by atoms with Crippen molar-refractivity contribution in [3.05, 3.63) is 67.5 Å². The van der Waals surface area contributed by atoms with Crippen molar-refractivity contribution < 1.29 is 13.2 Å². The van der Waals surface area contributed by atoms with Crippen molar-refractivity contribution in [1.29, 1.82) is 0 Å². The van der Waals surface area contributed by atoms with Gasteiger partial charge >= 0.3 is 0 Å². The highest BCUT2D eigenvalue weighted by Gasteiger charge is 2.19. The van der Waals surface area contributed by atoms with E-state index < -0.39 is 23.5 Å². The van der Waals surface area contributed by atoms with Crippen LogP contribution < -0.4 is 5.73 Å². The highest BCUT2D eigenvalue weighted by molar-refractivity contribution is 14.1. The van der Waals surface area contributed by atoms with E-state index >= 15 is 0 Å². The first-order valence-corrected chi connectivity index (χ1v) is 6.71. The number of benzene rings is 2. The average Bonchev–Trinajstić information content (AvgIpc) is 2.36. The summed E-state index contributed by atoms with van der Waals surface area (Å²) in [7, 11) is 0. The van der Waals surface area contributed by atoms with E-state index in [0.29, 0.717) is 16.7 Å². The lowest BCUT2D eigenvalue weighted by Crippen LogP contribution is -2.16. The van der Waals surface area contributed by atoms with Crippen LogP contribution in [0.15, 0.2) is 30.3 Å². The maximum absolute atomic E-state index is 13.7. The van der Waals surface area contributed by atoms with Gasteiger partial charge in [-0.05, 0) is 52.4 Å². The summed E-state index contributed by atoms with van der Waals surface area (Å²) in [6.07, 6.45) is 0. The molecule has 19 heavy (non-hydrogen) atoms. The Morgan fingerprint density at radius 3 is 2.26 bits per heavy atom. The SMILES string of the molecule is NC(c1cc(F)c(F)cc1F)c1cc(Cl)ccc1I. The molecule has 2 N–H and O–H groups in total. The second kappa shape index (κ2) is 5.68. The van der Waals surface area contributed by atoms with E-state index in [1.807, 2.05) is 22.6 Å². The van der Waals surface area contributed by atoms with Crippen LogP contribution in [0.4, 0.5) is 13.2 Å². The fourth-order valence-corrected chi connectivity index (χ4v) is 2.55. The molecule has 0 aromatic heterocycles. The lowest BCUT2D eigenvalue weighted by Gasteiger charge is -2.16. The second-order valence-electron chi connectivity index (χ2n) is 3.93. The average molecular weight is 398 g/mol. The van der Waals surface area contributed by atoms with E-state index in [1.54, 1.807) is 18.2 Å². The maximum Gasteiger partial charge on any atom is 0.161 e. The van der Waals surface area contributed by atoms with Crippen LogP contribution in [0.1, 0.15) is 17.2 Å². The highest BCUT2D eigenvalue weighted by Crippen LogP contribution is 2.29. The van der Waals surface area contributed by atoms with E-state index in [4.69, 9.17) is 17.3 Å². The first-order valence-electron chi connectivity index (χ1n) is 5.25. The van der Waals surface area contributed by atoms with Crippen LogP contribution >= 0.6 is 34.2 Å². The highest BCUT2D eigenvalue weighted by atomic mass is 127. The summed E-state index contributed by atoms with van der Waals surface area (Å²) in [5, 5.41) is 0.439. The van der Waals surface area contributed by atoms with Gasteiger partial charge in [-0.25, -0.2) is 13.2 Å². The van der Waals surface area contributed by atoms with Gasteiger partial charge in [0, 0.05) is 20.2 Å². The third-order valence-electron chi connectivity index (χ3n) is 2.67. The van der Waals surface area contributed by atoms with Gasteiger partial charge in [0.1, 0.15) is 5.82 Å². The molecule has 2 aromatic rings. The minimum Gasteiger partial charge on any atom is -0.320 e. The molecule has 0 aliphatic carbocycles. The van der Waals surface area contributed by atoms with Crippen LogP contribution in [0.5, 0.6) is 0 Å². The normalized spacial score (nSPS) is 12.5. The van der Waals surface area contributed by atoms with Gasteiger partial charge in [-0.15, -0.1) is 0 Å². The molecule has 0 bridgehead atoms. The summed E-state index contributed by atoms with van der Waals surface area (Å²) in [4.78, 5) is 0. The van der Waals surface area contributed by atoms with E-state index in [-0.39, 0.29) is 5.56 Å². The Balaban J connectivity index is 2.52. The van der Waals surface area contributed by atoms with Crippen molar-refractivity contribution in [3.63, 3.8) is 0 Å². The molecule has 0 amide bonds. The van der Waals surface area contributed by atoms with Gasteiger partial charge < -0.3 is 5.73 Å². The molecule has 0 saturated carbocycles. The molecule has 1 nitrogen and oxygen atoms in total. The predicted molar refractivity (Wildman–Crippen MR) is 76.5 cm³/mol. The van der Waals surface area contributed by atoms with Crippen molar-refractivity contribution in [2.75, 3.05) is 0 Å². The zero-order valence-corrected chi connectivity index (χ0v) is 12.3. The Bertz CT molecular complexity index is 634. The molecule has 0 radical (unpaired) electrons. The zero-order valence-electron chi connectivity index (χ0n) is 9.43. The molecule has 0 saturated heterocycles. The van der Waals surface area contributed by atoms with E-state index in [2.05, 4.69) is 0 Å². The Morgan fingerprint density at radius 1 is 0.947 bits per heavy atom. The van der Waals surface area contributed by atoms with Crippen LogP contribution in [0.2, 0.25) is 5.02 Å². The number of rotatable bonds is 2. The smallest absolute Gasteiger partial charge is 0.161 e. The summed E-state index contributed by atoms with van der Waals surface area (Å²) in [6, 6.07) is 5.31. The lowest BCUT2D eigenvalue weighted by molar-refractivity contribution is 0.487. The topological polar surface area (TPSA) is 26.0 Å². The Labute approximate surface area is 126 Å². The van der Waals surface area contributed by atoms with E-state index in [1.165, 1.54) is 0 Å². The van der Waals surface area contributed by atoms with Crippen molar-refractivity contribution >= 4 is 34.2 Å². The van der Waals surface area contributed by atoms with Crippen molar-refractivity contribution in [2.24, 2.45) is 5.73 Å². The van der Waals surface area contributed by atoms with Crippen LogP contribution in [-0.2, 0) is 0 Å². The van der Waals surface area contributed by atoms with Gasteiger partial charge in [-0.1, -0.05) is 11.6 Å². The van der Waals surface area contributed by atoms with Crippen LogP contribution in [0, 0.1) is 21.0 Å². The molecule has 0 fully saturated rings. The monoisotopic (exact) mass is 397 g/mol. The van der Waals surface area contributed by atoms with Crippen LogP contribution in [0.25, 0.3) is 0 Å². The van der Waals surface area contributed by atoms with Gasteiger partial charge in [0.05, 0.1) is 6.04 Å². The Morgan fingerprint density at radius 2 is 1.58 bits per heavy atom. The van der Waals surface area contributed by atoms with E-state index in [0.717, 1.165) is 9.64 Å². The molecular formula is C13H8ClF3IN. The first-order chi connectivity index (χ1) is 8.90. The number of hydrogen-bond acceptors (Lipinski definition) is 1. The minimum absolute atomic E-state index is 0.112.